The van der Waals surface area contributed by atoms with Crippen LogP contribution in [0, 0.1) is 6.07 Å². The van der Waals surface area contributed by atoms with E-state index in [1.165, 1.54) is 0 Å². The van der Waals surface area contributed by atoms with Crippen LogP contribution in [-0.4, -0.2) is 23.9 Å². The molecule has 1 radical (unpaired) electrons. The van der Waals surface area contributed by atoms with Gasteiger partial charge in [-0.15, -0.1) is 0 Å². The summed E-state index contributed by atoms with van der Waals surface area (Å²) in [5, 5.41) is 4.26. The van der Waals surface area contributed by atoms with Gasteiger partial charge in [0.05, 0.1) is 11.4 Å². The van der Waals surface area contributed by atoms with Crippen LogP contribution in [0.1, 0.15) is 18.9 Å². The second-order valence-electron chi connectivity index (χ2n) is 5.60. The van der Waals surface area contributed by atoms with Gasteiger partial charge in [0.25, 0.3) is 0 Å². The van der Waals surface area contributed by atoms with E-state index in [0.717, 1.165) is 34.7 Å². The Morgan fingerprint density at radius 2 is 1.92 bits per heavy atom. The van der Waals surface area contributed by atoms with Gasteiger partial charge in [0.1, 0.15) is 12.4 Å². The topological polar surface area (TPSA) is 43.7 Å². The zero-order valence-corrected chi connectivity index (χ0v) is 14.8. The molecule has 0 fully saturated rings. The van der Waals surface area contributed by atoms with Crippen molar-refractivity contribution in [2.75, 3.05) is 13.2 Å². The zero-order valence-electron chi connectivity index (χ0n) is 14.8. The van der Waals surface area contributed by atoms with Crippen LogP contribution in [0.4, 0.5) is 0 Å². The van der Waals surface area contributed by atoms with Gasteiger partial charge in [0, 0.05) is 11.8 Å². The fraction of sp³-hybridized carbons (Fsp3) is 0.182. The molecule has 3 rings (SSSR count). The summed E-state index contributed by atoms with van der Waals surface area (Å²) in [6.45, 7) is 2.90. The fourth-order valence-corrected chi connectivity index (χ4v) is 2.48. The van der Waals surface area contributed by atoms with Crippen molar-refractivity contribution in [3.05, 3.63) is 84.6 Å². The first-order valence-corrected chi connectivity index (χ1v) is 8.66. The van der Waals surface area contributed by atoms with Crippen LogP contribution in [0.5, 0.6) is 5.75 Å². The van der Waals surface area contributed by atoms with Gasteiger partial charge >= 0.3 is 0 Å². The smallest absolute Gasteiger partial charge is 0.151 e. The lowest BCUT2D eigenvalue weighted by Gasteiger charge is -2.07. The minimum Gasteiger partial charge on any atom is -0.490 e. The van der Waals surface area contributed by atoms with Crippen LogP contribution in [0.25, 0.3) is 11.3 Å². The number of ether oxygens (including phenoxy) is 1. The van der Waals surface area contributed by atoms with E-state index in [2.05, 4.69) is 35.3 Å². The summed E-state index contributed by atoms with van der Waals surface area (Å²) in [4.78, 5) is 9.79. The van der Waals surface area contributed by atoms with Crippen molar-refractivity contribution in [3.8, 4) is 17.0 Å². The largest absolute Gasteiger partial charge is 0.490 e. The monoisotopic (exact) mass is 345 g/mol. The summed E-state index contributed by atoms with van der Waals surface area (Å²) >= 11 is 0. The van der Waals surface area contributed by atoms with E-state index in [4.69, 9.17) is 9.57 Å². The molecule has 0 aliphatic rings. The molecule has 131 valence electrons. The van der Waals surface area contributed by atoms with Crippen molar-refractivity contribution in [2.24, 2.45) is 5.16 Å². The Balaban J connectivity index is 1.55. The first-order chi connectivity index (χ1) is 12.9. The number of nitrogens with zero attached hydrogens (tertiary/aromatic N) is 2. The van der Waals surface area contributed by atoms with Crippen LogP contribution in [-0.2, 0) is 4.84 Å². The van der Waals surface area contributed by atoms with Crippen LogP contribution < -0.4 is 4.74 Å². The summed E-state index contributed by atoms with van der Waals surface area (Å²) in [6.07, 6.45) is 2.59. The highest BCUT2D eigenvalue weighted by Crippen LogP contribution is 2.18. The summed E-state index contributed by atoms with van der Waals surface area (Å²) < 4.78 is 5.56. The van der Waals surface area contributed by atoms with E-state index in [-0.39, 0.29) is 0 Å². The number of aromatic nitrogens is 1. The van der Waals surface area contributed by atoms with Crippen molar-refractivity contribution < 1.29 is 9.57 Å². The Bertz CT molecular complexity index is 816. The van der Waals surface area contributed by atoms with Gasteiger partial charge in [0.15, 0.2) is 6.61 Å². The van der Waals surface area contributed by atoms with E-state index >= 15 is 0 Å². The average molecular weight is 345 g/mol. The predicted octanol–water partition coefficient (Wildman–Crippen LogP) is 4.76. The van der Waals surface area contributed by atoms with Crippen molar-refractivity contribution in [3.63, 3.8) is 0 Å². The Hall–Kier alpha value is -3.14. The highest BCUT2D eigenvalue weighted by Gasteiger charge is 2.04. The van der Waals surface area contributed by atoms with Gasteiger partial charge in [-0.1, -0.05) is 54.5 Å². The number of rotatable bonds is 8. The summed E-state index contributed by atoms with van der Waals surface area (Å²) in [6, 6.07) is 24.5. The Kier molecular flexibility index (Phi) is 6.37. The molecule has 0 atom stereocenters. The van der Waals surface area contributed by atoms with E-state index in [1.54, 1.807) is 12.3 Å². The van der Waals surface area contributed by atoms with Gasteiger partial charge < -0.3 is 9.57 Å². The summed E-state index contributed by atoms with van der Waals surface area (Å²) in [5.41, 5.74) is 4.00. The first-order valence-electron chi connectivity index (χ1n) is 8.66. The normalized spacial score (nSPS) is 11.2. The molecular formula is C22H21N2O2. The number of benzene rings is 2. The number of hydrogen-bond donors (Lipinski definition) is 0. The van der Waals surface area contributed by atoms with E-state index in [1.807, 2.05) is 48.5 Å². The van der Waals surface area contributed by atoms with Gasteiger partial charge in [-0.05, 0) is 42.3 Å². The SMILES string of the molecule is CCC(=NOCCOc1c[c]ccc1)c1ccc(-c2ccccn2)cc1. The third kappa shape index (κ3) is 4.93. The van der Waals surface area contributed by atoms with Crippen LogP contribution in [0.2, 0.25) is 0 Å². The molecule has 0 N–H and O–H groups in total. The quantitative estimate of drug-likeness (QED) is 0.336. The minimum absolute atomic E-state index is 0.393. The lowest BCUT2D eigenvalue weighted by molar-refractivity contribution is 0.107. The minimum atomic E-state index is 0.393. The van der Waals surface area contributed by atoms with Crippen LogP contribution in [0.15, 0.2) is 78.1 Å². The van der Waals surface area contributed by atoms with Crippen LogP contribution >= 0.6 is 0 Å². The fourth-order valence-electron chi connectivity index (χ4n) is 2.48. The van der Waals surface area contributed by atoms with Gasteiger partial charge in [-0.25, -0.2) is 0 Å². The van der Waals surface area contributed by atoms with E-state index in [0.29, 0.717) is 13.2 Å². The maximum absolute atomic E-state index is 5.56. The highest BCUT2D eigenvalue weighted by molar-refractivity contribution is 6.00. The molecule has 1 heterocycles. The molecule has 1 aromatic heterocycles. The molecule has 4 heteroatoms. The Morgan fingerprint density at radius 3 is 2.62 bits per heavy atom. The molecule has 0 aliphatic carbocycles. The third-order valence-corrected chi connectivity index (χ3v) is 3.81. The molecule has 26 heavy (non-hydrogen) atoms. The van der Waals surface area contributed by atoms with Crippen molar-refractivity contribution in [1.29, 1.82) is 0 Å². The molecule has 0 amide bonds. The van der Waals surface area contributed by atoms with Crippen molar-refractivity contribution >= 4 is 5.71 Å². The second-order valence-corrected chi connectivity index (χ2v) is 5.60. The standard InChI is InChI=1S/C22H21N2O2/c1-2-21(24-26-17-16-25-20-8-4-3-5-9-20)18-11-13-19(14-12-18)22-10-6-7-15-23-22/h3-4,6-15H,2,16-17H2,1H3. The second kappa shape index (κ2) is 9.37. The van der Waals surface area contributed by atoms with E-state index in [9.17, 15) is 0 Å². The maximum atomic E-state index is 5.56. The average Bonchev–Trinajstić information content (AvgIpc) is 2.72. The molecule has 0 aliphatic heterocycles. The molecular weight excluding hydrogens is 324 g/mol. The van der Waals surface area contributed by atoms with Gasteiger partial charge in [0.2, 0.25) is 0 Å². The number of hydrogen-bond acceptors (Lipinski definition) is 4. The molecule has 0 unspecified atom stereocenters. The lowest BCUT2D eigenvalue weighted by atomic mass is 10.0. The summed E-state index contributed by atoms with van der Waals surface area (Å²) in [7, 11) is 0. The molecule has 2 aromatic carbocycles. The number of oxime groups is 1. The Labute approximate surface area is 154 Å². The van der Waals surface area contributed by atoms with Crippen LogP contribution in [0.3, 0.4) is 0 Å². The first kappa shape index (κ1) is 17.7. The number of pyridine rings is 1. The van der Waals surface area contributed by atoms with E-state index < -0.39 is 0 Å². The molecule has 4 nitrogen and oxygen atoms in total. The third-order valence-electron chi connectivity index (χ3n) is 3.81. The van der Waals surface area contributed by atoms with Crippen molar-refractivity contribution in [2.45, 2.75) is 13.3 Å². The molecule has 0 saturated carbocycles. The molecule has 0 bridgehead atoms. The van der Waals surface area contributed by atoms with Crippen molar-refractivity contribution in [1.82, 2.24) is 4.98 Å². The zero-order chi connectivity index (χ0) is 18.0. The molecule has 3 aromatic rings. The maximum Gasteiger partial charge on any atom is 0.151 e. The highest BCUT2D eigenvalue weighted by atomic mass is 16.6. The lowest BCUT2D eigenvalue weighted by Crippen LogP contribution is -2.06. The molecule has 0 spiro atoms. The molecule has 0 saturated heterocycles. The Morgan fingerprint density at radius 1 is 1.04 bits per heavy atom. The van der Waals surface area contributed by atoms with Gasteiger partial charge in [-0.3, -0.25) is 4.98 Å². The predicted molar refractivity (Wildman–Crippen MR) is 103 cm³/mol. The van der Waals surface area contributed by atoms with Gasteiger partial charge in [-0.2, -0.15) is 0 Å². The summed E-state index contributed by atoms with van der Waals surface area (Å²) in [5.74, 6) is 0.779.